The van der Waals surface area contributed by atoms with E-state index < -0.39 is 0 Å². The molecule has 1 aromatic heterocycles. The Hall–Kier alpha value is -1.29. The van der Waals surface area contributed by atoms with Crippen molar-refractivity contribution in [2.45, 2.75) is 32.2 Å². The van der Waals surface area contributed by atoms with E-state index in [4.69, 9.17) is 17.0 Å². The highest BCUT2D eigenvalue weighted by molar-refractivity contribution is 7.71. The monoisotopic (exact) mass is 262 g/mol. The molecule has 0 bridgehead atoms. The first kappa shape index (κ1) is 11.8. The molecule has 2 aromatic rings. The molecule has 0 atom stereocenters. The third-order valence-electron chi connectivity index (χ3n) is 3.90. The SMILES string of the molecule is COc1ccc2[nH]c(=S)n(CC3CCCC3)c2c1. The molecule has 1 aromatic carbocycles. The molecule has 0 spiro atoms. The third kappa shape index (κ3) is 2.05. The number of aromatic nitrogens is 2. The number of hydrogen-bond acceptors (Lipinski definition) is 2. The number of H-pyrrole nitrogens is 1. The van der Waals surface area contributed by atoms with Crippen LogP contribution in [0.5, 0.6) is 5.75 Å². The van der Waals surface area contributed by atoms with Crippen molar-refractivity contribution in [1.29, 1.82) is 0 Å². The molecule has 1 saturated carbocycles. The molecule has 0 amide bonds. The van der Waals surface area contributed by atoms with Crippen LogP contribution in [0.1, 0.15) is 25.7 Å². The molecule has 18 heavy (non-hydrogen) atoms. The zero-order valence-electron chi connectivity index (χ0n) is 10.6. The molecule has 4 heteroatoms. The van der Waals surface area contributed by atoms with Crippen molar-refractivity contribution < 1.29 is 4.74 Å². The number of fused-ring (bicyclic) bond motifs is 1. The van der Waals surface area contributed by atoms with Gasteiger partial charge < -0.3 is 14.3 Å². The summed E-state index contributed by atoms with van der Waals surface area (Å²) in [5.41, 5.74) is 2.25. The summed E-state index contributed by atoms with van der Waals surface area (Å²) in [5, 5.41) is 0. The van der Waals surface area contributed by atoms with Crippen LogP contribution in [0, 0.1) is 10.7 Å². The third-order valence-corrected chi connectivity index (χ3v) is 4.22. The maximum absolute atomic E-state index is 5.43. The second kappa shape index (κ2) is 4.76. The van der Waals surface area contributed by atoms with Crippen LogP contribution < -0.4 is 4.74 Å². The number of hydrogen-bond donors (Lipinski definition) is 1. The fourth-order valence-electron chi connectivity index (χ4n) is 2.89. The number of nitrogens with one attached hydrogen (secondary N) is 1. The van der Waals surface area contributed by atoms with E-state index in [0.29, 0.717) is 0 Å². The predicted octanol–water partition coefficient (Wildman–Crippen LogP) is 3.90. The van der Waals surface area contributed by atoms with Crippen LogP contribution in [-0.4, -0.2) is 16.7 Å². The summed E-state index contributed by atoms with van der Waals surface area (Å²) >= 11 is 5.43. The van der Waals surface area contributed by atoms with Crippen molar-refractivity contribution in [3.8, 4) is 5.75 Å². The minimum Gasteiger partial charge on any atom is -0.497 e. The Kier molecular flexibility index (Phi) is 3.12. The summed E-state index contributed by atoms with van der Waals surface area (Å²) in [5.74, 6) is 1.67. The van der Waals surface area contributed by atoms with Crippen molar-refractivity contribution in [1.82, 2.24) is 9.55 Å². The van der Waals surface area contributed by atoms with E-state index in [1.807, 2.05) is 12.1 Å². The number of methoxy groups -OCH3 is 1. The Morgan fingerprint density at radius 2 is 2.17 bits per heavy atom. The number of rotatable bonds is 3. The number of aromatic amines is 1. The molecule has 0 aliphatic heterocycles. The summed E-state index contributed by atoms with van der Waals surface area (Å²) in [6.45, 7) is 1.03. The second-order valence-electron chi connectivity index (χ2n) is 5.07. The lowest BCUT2D eigenvalue weighted by atomic mass is 10.1. The summed E-state index contributed by atoms with van der Waals surface area (Å²) in [7, 11) is 1.70. The predicted molar refractivity (Wildman–Crippen MR) is 75.6 cm³/mol. The van der Waals surface area contributed by atoms with E-state index in [2.05, 4.69) is 15.6 Å². The smallest absolute Gasteiger partial charge is 0.178 e. The molecule has 1 heterocycles. The summed E-state index contributed by atoms with van der Waals surface area (Å²) < 4.78 is 8.34. The Bertz CT molecular complexity index is 608. The van der Waals surface area contributed by atoms with Crippen LogP contribution in [0.2, 0.25) is 0 Å². The van der Waals surface area contributed by atoms with E-state index in [0.717, 1.165) is 34.0 Å². The highest BCUT2D eigenvalue weighted by Crippen LogP contribution is 2.28. The van der Waals surface area contributed by atoms with Gasteiger partial charge in [0.15, 0.2) is 4.77 Å². The van der Waals surface area contributed by atoms with Gasteiger partial charge in [-0.05, 0) is 43.1 Å². The van der Waals surface area contributed by atoms with Crippen LogP contribution in [0.3, 0.4) is 0 Å². The van der Waals surface area contributed by atoms with Gasteiger partial charge in [0.2, 0.25) is 0 Å². The minimum absolute atomic E-state index is 0.780. The Morgan fingerprint density at radius 1 is 1.39 bits per heavy atom. The van der Waals surface area contributed by atoms with E-state index in [9.17, 15) is 0 Å². The fourth-order valence-corrected chi connectivity index (χ4v) is 3.17. The quantitative estimate of drug-likeness (QED) is 0.850. The zero-order valence-corrected chi connectivity index (χ0v) is 11.4. The van der Waals surface area contributed by atoms with Crippen LogP contribution in [0.25, 0.3) is 11.0 Å². The van der Waals surface area contributed by atoms with Gasteiger partial charge in [-0.1, -0.05) is 12.8 Å². The molecular weight excluding hydrogens is 244 g/mol. The van der Waals surface area contributed by atoms with Crippen molar-refractivity contribution in [2.75, 3.05) is 7.11 Å². The number of benzene rings is 1. The van der Waals surface area contributed by atoms with E-state index in [1.165, 1.54) is 25.7 Å². The fraction of sp³-hybridized carbons (Fsp3) is 0.500. The molecule has 1 fully saturated rings. The van der Waals surface area contributed by atoms with Gasteiger partial charge in [-0.2, -0.15) is 0 Å². The average Bonchev–Trinajstić information content (AvgIpc) is 2.99. The normalized spacial score (nSPS) is 16.5. The highest BCUT2D eigenvalue weighted by atomic mass is 32.1. The Morgan fingerprint density at radius 3 is 2.89 bits per heavy atom. The molecular formula is C14H18N2OS. The zero-order chi connectivity index (χ0) is 12.5. The van der Waals surface area contributed by atoms with Crippen molar-refractivity contribution in [3.05, 3.63) is 23.0 Å². The Labute approximate surface area is 112 Å². The first-order valence-corrected chi connectivity index (χ1v) is 6.95. The standard InChI is InChI=1S/C14H18N2OS/c1-17-11-6-7-12-13(8-11)16(14(18)15-12)9-10-4-2-3-5-10/h6-8,10H,2-5,9H2,1H3,(H,15,18). The first-order valence-electron chi connectivity index (χ1n) is 6.54. The van der Waals surface area contributed by atoms with E-state index >= 15 is 0 Å². The number of ether oxygens (including phenoxy) is 1. The molecule has 1 N–H and O–H groups in total. The number of imidazole rings is 1. The lowest BCUT2D eigenvalue weighted by Gasteiger charge is -2.11. The molecule has 1 aliphatic rings. The van der Waals surface area contributed by atoms with Gasteiger partial charge in [0, 0.05) is 12.6 Å². The van der Waals surface area contributed by atoms with E-state index in [-0.39, 0.29) is 0 Å². The summed E-state index contributed by atoms with van der Waals surface area (Å²) in [6, 6.07) is 6.07. The molecule has 96 valence electrons. The van der Waals surface area contributed by atoms with Gasteiger partial charge in [-0.3, -0.25) is 0 Å². The van der Waals surface area contributed by atoms with Gasteiger partial charge in [0.25, 0.3) is 0 Å². The topological polar surface area (TPSA) is 29.9 Å². The van der Waals surface area contributed by atoms with Crippen LogP contribution >= 0.6 is 12.2 Å². The van der Waals surface area contributed by atoms with Crippen LogP contribution in [0.4, 0.5) is 0 Å². The van der Waals surface area contributed by atoms with Crippen molar-refractivity contribution >= 4 is 23.3 Å². The summed E-state index contributed by atoms with van der Waals surface area (Å²) in [4.78, 5) is 3.27. The molecule has 0 saturated heterocycles. The molecule has 1 aliphatic carbocycles. The largest absolute Gasteiger partial charge is 0.497 e. The number of nitrogens with zero attached hydrogens (tertiary/aromatic N) is 1. The van der Waals surface area contributed by atoms with E-state index in [1.54, 1.807) is 7.11 Å². The maximum Gasteiger partial charge on any atom is 0.178 e. The van der Waals surface area contributed by atoms with Crippen molar-refractivity contribution in [2.24, 2.45) is 5.92 Å². The van der Waals surface area contributed by atoms with Gasteiger partial charge >= 0.3 is 0 Å². The maximum atomic E-state index is 5.43. The van der Waals surface area contributed by atoms with Gasteiger partial charge in [0.05, 0.1) is 18.1 Å². The molecule has 3 nitrogen and oxygen atoms in total. The molecule has 0 radical (unpaired) electrons. The van der Waals surface area contributed by atoms with Gasteiger partial charge in [-0.25, -0.2) is 0 Å². The average molecular weight is 262 g/mol. The Balaban J connectivity index is 2.02. The van der Waals surface area contributed by atoms with Gasteiger partial charge in [0.1, 0.15) is 5.75 Å². The first-order chi connectivity index (χ1) is 8.78. The van der Waals surface area contributed by atoms with Gasteiger partial charge in [-0.15, -0.1) is 0 Å². The lowest BCUT2D eigenvalue weighted by molar-refractivity contribution is 0.414. The summed E-state index contributed by atoms with van der Waals surface area (Å²) in [6.07, 6.45) is 5.39. The highest BCUT2D eigenvalue weighted by Gasteiger charge is 2.17. The van der Waals surface area contributed by atoms with Crippen LogP contribution in [0.15, 0.2) is 18.2 Å². The van der Waals surface area contributed by atoms with Crippen LogP contribution in [-0.2, 0) is 6.54 Å². The molecule has 0 unspecified atom stereocenters. The molecule has 3 rings (SSSR count). The second-order valence-corrected chi connectivity index (χ2v) is 5.46. The minimum atomic E-state index is 0.780. The van der Waals surface area contributed by atoms with Crippen molar-refractivity contribution in [3.63, 3.8) is 0 Å². The lowest BCUT2D eigenvalue weighted by Crippen LogP contribution is -2.07.